The molecule has 0 atom stereocenters. The van der Waals surface area contributed by atoms with Gasteiger partial charge in [-0.05, 0) is 48.6 Å². The number of hydrogen-bond acceptors (Lipinski definition) is 4. The summed E-state index contributed by atoms with van der Waals surface area (Å²) >= 11 is 0. The van der Waals surface area contributed by atoms with Gasteiger partial charge in [-0.3, -0.25) is 19.6 Å². The quantitative estimate of drug-likeness (QED) is 0.254. The highest BCUT2D eigenvalue weighted by atomic mass is 16.2. The molecule has 0 radical (unpaired) electrons. The molecule has 2 amide bonds. The molecule has 2 aliphatic heterocycles. The van der Waals surface area contributed by atoms with Gasteiger partial charge in [-0.2, -0.15) is 0 Å². The number of pyridine rings is 2. The first-order valence-corrected chi connectivity index (χ1v) is 13.5. The van der Waals surface area contributed by atoms with Crippen molar-refractivity contribution in [2.24, 2.45) is 14.1 Å². The van der Waals surface area contributed by atoms with Gasteiger partial charge in [0.2, 0.25) is 0 Å². The standard InChI is InChI=1S/2C17H13N3O/c2*1-20-10-11(12-5-2-3-7-15(12)20)9-13-16-14(19-17(13)21)6-4-8-18-16/h2*2-10H,1H3,(H,19,21)/b2*13-9-. The molecule has 6 aromatic rings. The third-order valence-electron chi connectivity index (χ3n) is 7.57. The molecule has 2 N–H and O–H groups in total. The number of anilines is 2. The molecule has 0 unspecified atom stereocenters. The van der Waals surface area contributed by atoms with E-state index >= 15 is 0 Å². The minimum atomic E-state index is -0.100. The summed E-state index contributed by atoms with van der Waals surface area (Å²) in [5, 5.41) is 7.95. The van der Waals surface area contributed by atoms with Crippen LogP contribution in [0.25, 0.3) is 45.1 Å². The van der Waals surface area contributed by atoms with Crippen LogP contribution in [0.3, 0.4) is 0 Å². The average molecular weight is 551 g/mol. The van der Waals surface area contributed by atoms with Gasteiger partial charge < -0.3 is 19.8 Å². The highest BCUT2D eigenvalue weighted by Crippen LogP contribution is 2.34. The van der Waals surface area contributed by atoms with E-state index in [0.29, 0.717) is 11.1 Å². The molecule has 2 aliphatic rings. The smallest absolute Gasteiger partial charge is 0.258 e. The summed E-state index contributed by atoms with van der Waals surface area (Å²) in [6, 6.07) is 23.7. The Morgan fingerprint density at radius 1 is 0.595 bits per heavy atom. The second kappa shape index (κ2) is 10.0. The maximum absolute atomic E-state index is 12.2. The molecule has 204 valence electrons. The number of nitrogens with one attached hydrogen (secondary N) is 2. The van der Waals surface area contributed by atoms with Gasteiger partial charge in [0.1, 0.15) is 0 Å². The Balaban J connectivity index is 0.000000137. The van der Waals surface area contributed by atoms with Crippen molar-refractivity contribution in [1.29, 1.82) is 0 Å². The van der Waals surface area contributed by atoms with Crippen LogP contribution in [0.1, 0.15) is 22.5 Å². The van der Waals surface area contributed by atoms with E-state index in [2.05, 4.69) is 54.0 Å². The van der Waals surface area contributed by atoms with Crippen molar-refractivity contribution >= 4 is 68.3 Å². The van der Waals surface area contributed by atoms with Crippen LogP contribution in [0.15, 0.2) is 97.6 Å². The summed E-state index contributed by atoms with van der Waals surface area (Å²) in [5.41, 5.74) is 8.54. The first-order valence-electron chi connectivity index (χ1n) is 13.5. The average Bonchev–Trinajstić information content (AvgIpc) is 3.71. The number of aryl methyl sites for hydroxylation is 2. The summed E-state index contributed by atoms with van der Waals surface area (Å²) in [4.78, 5) is 32.9. The number of benzene rings is 2. The van der Waals surface area contributed by atoms with Crippen LogP contribution in [-0.4, -0.2) is 30.9 Å². The lowest BCUT2D eigenvalue weighted by atomic mass is 10.1. The van der Waals surface area contributed by atoms with E-state index in [-0.39, 0.29) is 11.8 Å². The van der Waals surface area contributed by atoms with Gasteiger partial charge in [0.25, 0.3) is 11.8 Å². The third kappa shape index (κ3) is 4.26. The van der Waals surface area contributed by atoms with Gasteiger partial charge in [-0.25, -0.2) is 0 Å². The highest BCUT2D eigenvalue weighted by molar-refractivity contribution is 6.35. The minimum Gasteiger partial charge on any atom is -0.350 e. The van der Waals surface area contributed by atoms with Gasteiger partial charge >= 0.3 is 0 Å². The van der Waals surface area contributed by atoms with E-state index < -0.39 is 0 Å². The number of nitrogens with zero attached hydrogens (tertiary/aromatic N) is 4. The molecule has 6 heterocycles. The second-order valence-corrected chi connectivity index (χ2v) is 10.2. The molecular weight excluding hydrogens is 524 g/mol. The first-order chi connectivity index (χ1) is 20.5. The maximum Gasteiger partial charge on any atom is 0.258 e. The largest absolute Gasteiger partial charge is 0.350 e. The Bertz CT molecular complexity index is 1960. The molecule has 0 saturated carbocycles. The number of carbonyl (C=O) groups is 2. The molecule has 2 aromatic carbocycles. The zero-order valence-electron chi connectivity index (χ0n) is 23.0. The molecule has 0 bridgehead atoms. The number of aromatic nitrogens is 4. The molecule has 42 heavy (non-hydrogen) atoms. The maximum atomic E-state index is 12.2. The Hall–Kier alpha value is -5.76. The summed E-state index contributed by atoms with van der Waals surface area (Å²) in [6.07, 6.45) is 11.3. The van der Waals surface area contributed by atoms with Gasteiger partial charge in [0.15, 0.2) is 0 Å². The lowest BCUT2D eigenvalue weighted by Crippen LogP contribution is -2.03. The molecule has 0 fully saturated rings. The Morgan fingerprint density at radius 3 is 1.48 bits per heavy atom. The van der Waals surface area contributed by atoms with Gasteiger partial charge in [-0.1, -0.05) is 36.4 Å². The van der Waals surface area contributed by atoms with Crippen LogP contribution >= 0.6 is 0 Å². The van der Waals surface area contributed by atoms with Crippen LogP contribution in [0.2, 0.25) is 0 Å². The van der Waals surface area contributed by atoms with E-state index in [4.69, 9.17) is 0 Å². The Labute approximate surface area is 241 Å². The van der Waals surface area contributed by atoms with Crippen LogP contribution in [0, 0.1) is 0 Å². The fraction of sp³-hybridized carbons (Fsp3) is 0.0588. The van der Waals surface area contributed by atoms with Crippen LogP contribution in [0.4, 0.5) is 11.4 Å². The van der Waals surface area contributed by atoms with Gasteiger partial charge in [-0.15, -0.1) is 0 Å². The number of para-hydroxylation sites is 2. The Kier molecular flexibility index (Phi) is 6.01. The minimum absolute atomic E-state index is 0.100. The van der Waals surface area contributed by atoms with E-state index in [0.717, 1.165) is 55.7 Å². The normalized spacial score (nSPS) is 15.5. The van der Waals surface area contributed by atoms with Crippen molar-refractivity contribution in [2.75, 3.05) is 10.6 Å². The zero-order chi connectivity index (χ0) is 28.8. The zero-order valence-corrected chi connectivity index (χ0v) is 23.0. The molecule has 0 aliphatic carbocycles. The van der Waals surface area contributed by atoms with Crippen LogP contribution in [0.5, 0.6) is 0 Å². The van der Waals surface area contributed by atoms with Crippen molar-refractivity contribution in [3.05, 3.63) is 120 Å². The summed E-state index contributed by atoms with van der Waals surface area (Å²) in [6.45, 7) is 0. The topological polar surface area (TPSA) is 93.8 Å². The molecule has 8 heteroatoms. The highest BCUT2D eigenvalue weighted by Gasteiger charge is 2.26. The van der Waals surface area contributed by atoms with Crippen molar-refractivity contribution in [3.63, 3.8) is 0 Å². The number of fused-ring (bicyclic) bond motifs is 4. The number of rotatable bonds is 2. The molecular formula is C34H26N6O2. The number of hydrogen-bond donors (Lipinski definition) is 2. The first kappa shape index (κ1) is 25.2. The molecule has 8 rings (SSSR count). The van der Waals surface area contributed by atoms with Crippen molar-refractivity contribution in [3.8, 4) is 0 Å². The predicted octanol–water partition coefficient (Wildman–Crippen LogP) is 6.13. The van der Waals surface area contributed by atoms with E-state index in [9.17, 15) is 9.59 Å². The fourth-order valence-electron chi connectivity index (χ4n) is 5.59. The summed E-state index contributed by atoms with van der Waals surface area (Å²) in [7, 11) is 4.01. The molecule has 8 nitrogen and oxygen atoms in total. The van der Waals surface area contributed by atoms with Crippen LogP contribution in [-0.2, 0) is 23.7 Å². The summed E-state index contributed by atoms with van der Waals surface area (Å²) in [5.74, 6) is -0.201. The van der Waals surface area contributed by atoms with Gasteiger partial charge in [0, 0.05) is 71.8 Å². The van der Waals surface area contributed by atoms with Crippen molar-refractivity contribution in [1.82, 2.24) is 19.1 Å². The molecule has 4 aromatic heterocycles. The lowest BCUT2D eigenvalue weighted by molar-refractivity contribution is -0.111. The predicted molar refractivity (Wildman–Crippen MR) is 167 cm³/mol. The monoisotopic (exact) mass is 550 g/mol. The number of carbonyl (C=O) groups excluding carboxylic acids is 2. The molecule has 0 spiro atoms. The van der Waals surface area contributed by atoms with Crippen LogP contribution < -0.4 is 10.6 Å². The third-order valence-corrected chi connectivity index (χ3v) is 7.57. The Morgan fingerprint density at radius 2 is 1.02 bits per heavy atom. The van der Waals surface area contributed by atoms with E-state index in [1.54, 1.807) is 12.4 Å². The van der Waals surface area contributed by atoms with Crippen molar-refractivity contribution in [2.45, 2.75) is 0 Å². The number of amides is 2. The van der Waals surface area contributed by atoms with E-state index in [1.807, 2.05) is 87.2 Å². The lowest BCUT2D eigenvalue weighted by Gasteiger charge is -1.96. The summed E-state index contributed by atoms with van der Waals surface area (Å²) < 4.78 is 4.13. The van der Waals surface area contributed by atoms with Gasteiger partial charge in [0.05, 0.1) is 33.9 Å². The second-order valence-electron chi connectivity index (χ2n) is 10.2. The van der Waals surface area contributed by atoms with E-state index in [1.165, 1.54) is 0 Å². The fourth-order valence-corrected chi connectivity index (χ4v) is 5.59. The van der Waals surface area contributed by atoms with Crippen molar-refractivity contribution < 1.29 is 9.59 Å². The molecule has 0 saturated heterocycles. The SMILES string of the molecule is Cn1cc(/C=C2\C(=O)Nc3cccnc32)c2ccccc21.Cn1cc(/C=C2\C(=O)Nc3cccnc32)c2ccccc21.